The van der Waals surface area contributed by atoms with Gasteiger partial charge in [0.05, 0.1) is 6.04 Å². The molecular formula is C17H23NO3. The van der Waals surface area contributed by atoms with Gasteiger partial charge < -0.3 is 9.47 Å². The van der Waals surface area contributed by atoms with Crippen molar-refractivity contribution >= 4 is 0 Å². The summed E-state index contributed by atoms with van der Waals surface area (Å²) in [5.74, 6) is -0.136. The van der Waals surface area contributed by atoms with E-state index in [-0.39, 0.29) is 18.3 Å². The van der Waals surface area contributed by atoms with Crippen LogP contribution in [0.4, 0.5) is 0 Å². The topological polar surface area (TPSA) is 30.9 Å². The molecule has 4 nitrogen and oxygen atoms in total. The van der Waals surface area contributed by atoms with E-state index in [0.717, 1.165) is 13.0 Å². The van der Waals surface area contributed by atoms with Gasteiger partial charge in [0.1, 0.15) is 18.3 Å². The van der Waals surface area contributed by atoms with Crippen LogP contribution in [0.5, 0.6) is 0 Å². The third-order valence-electron chi connectivity index (χ3n) is 5.15. The van der Waals surface area contributed by atoms with Crippen molar-refractivity contribution in [1.82, 2.24) is 5.06 Å². The third kappa shape index (κ3) is 2.13. The highest BCUT2D eigenvalue weighted by Crippen LogP contribution is 2.48. The largest absolute Gasteiger partial charge is 0.342 e. The number of fused-ring (bicyclic) bond motifs is 5. The Hall–Kier alpha value is -0.940. The molecule has 3 fully saturated rings. The summed E-state index contributed by atoms with van der Waals surface area (Å²) in [4.78, 5) is 6.08. The zero-order chi connectivity index (χ0) is 14.6. The smallest absolute Gasteiger partial charge is 0.168 e. The number of rotatable bonds is 3. The molecule has 4 rings (SSSR count). The molecule has 2 saturated heterocycles. The maximum Gasteiger partial charge on any atom is 0.168 e. The Kier molecular flexibility index (Phi) is 3.12. The van der Waals surface area contributed by atoms with Gasteiger partial charge in [-0.3, -0.25) is 4.84 Å². The Labute approximate surface area is 125 Å². The molecule has 1 aromatic carbocycles. The lowest BCUT2D eigenvalue weighted by Gasteiger charge is -2.32. The summed E-state index contributed by atoms with van der Waals surface area (Å²) in [6.07, 6.45) is 1.38. The predicted molar refractivity (Wildman–Crippen MR) is 78.3 cm³/mol. The van der Waals surface area contributed by atoms with Crippen LogP contribution >= 0.6 is 0 Å². The fraction of sp³-hybridized carbons (Fsp3) is 0.647. The molecule has 0 radical (unpaired) electrons. The Morgan fingerprint density at radius 1 is 1.19 bits per heavy atom. The first-order valence-corrected chi connectivity index (χ1v) is 7.90. The van der Waals surface area contributed by atoms with Crippen LogP contribution < -0.4 is 0 Å². The summed E-state index contributed by atoms with van der Waals surface area (Å²) in [6.45, 7) is 7.15. The molecule has 0 aromatic heterocycles. The Bertz CT molecular complexity index is 520. The minimum Gasteiger partial charge on any atom is -0.342 e. The average Bonchev–Trinajstić information content (AvgIpc) is 3.09. The Morgan fingerprint density at radius 2 is 1.90 bits per heavy atom. The Morgan fingerprint density at radius 3 is 2.62 bits per heavy atom. The van der Waals surface area contributed by atoms with Crippen LogP contribution in [0.25, 0.3) is 0 Å². The quantitative estimate of drug-likeness (QED) is 0.856. The standard InChI is InChI=1S/C17H23NO3/c1-11(2)17(3)19-15-13-9-14(16(15)20-17)21-18(13)10-12-7-5-4-6-8-12/h4-8,11,13-16H,9-10H2,1-3H3/t13?,14?,15-,16+,17?/m0/s1. The van der Waals surface area contributed by atoms with Gasteiger partial charge in [-0.1, -0.05) is 44.2 Å². The molecule has 1 aliphatic carbocycles. The number of hydroxylamine groups is 2. The first-order valence-electron chi connectivity index (χ1n) is 7.90. The molecule has 2 heterocycles. The summed E-state index contributed by atoms with van der Waals surface area (Å²) >= 11 is 0. The van der Waals surface area contributed by atoms with Crippen LogP contribution in [0.1, 0.15) is 32.8 Å². The van der Waals surface area contributed by atoms with Crippen molar-refractivity contribution in [1.29, 1.82) is 0 Å². The maximum absolute atomic E-state index is 6.29. The van der Waals surface area contributed by atoms with E-state index < -0.39 is 5.79 Å². The van der Waals surface area contributed by atoms with Gasteiger partial charge in [0.2, 0.25) is 0 Å². The van der Waals surface area contributed by atoms with E-state index in [2.05, 4.69) is 50.1 Å². The average molecular weight is 289 g/mol. The normalized spacial score (nSPS) is 41.9. The zero-order valence-electron chi connectivity index (χ0n) is 12.9. The van der Waals surface area contributed by atoms with Crippen molar-refractivity contribution in [2.24, 2.45) is 5.92 Å². The van der Waals surface area contributed by atoms with E-state index in [1.165, 1.54) is 5.56 Å². The van der Waals surface area contributed by atoms with Crippen LogP contribution in [0.15, 0.2) is 30.3 Å². The first kappa shape index (κ1) is 13.7. The molecule has 114 valence electrons. The highest BCUT2D eigenvalue weighted by molar-refractivity contribution is 5.15. The van der Waals surface area contributed by atoms with E-state index in [9.17, 15) is 0 Å². The molecule has 3 aliphatic rings. The van der Waals surface area contributed by atoms with Crippen LogP contribution in [-0.4, -0.2) is 35.2 Å². The molecule has 0 N–H and O–H groups in total. The fourth-order valence-electron chi connectivity index (χ4n) is 3.62. The molecule has 2 bridgehead atoms. The van der Waals surface area contributed by atoms with E-state index >= 15 is 0 Å². The van der Waals surface area contributed by atoms with Crippen molar-refractivity contribution in [3.8, 4) is 0 Å². The van der Waals surface area contributed by atoms with Gasteiger partial charge in [0.15, 0.2) is 5.79 Å². The predicted octanol–water partition coefficient (Wildman–Crippen LogP) is 2.73. The molecule has 1 aromatic rings. The first-order chi connectivity index (χ1) is 10.1. The van der Waals surface area contributed by atoms with Crippen LogP contribution in [0.2, 0.25) is 0 Å². The molecule has 3 unspecified atom stereocenters. The second-order valence-electron chi connectivity index (χ2n) is 6.84. The van der Waals surface area contributed by atoms with Crippen molar-refractivity contribution in [3.63, 3.8) is 0 Å². The van der Waals surface area contributed by atoms with Gasteiger partial charge in [-0.05, 0) is 18.9 Å². The minimum atomic E-state index is -0.474. The molecule has 5 atom stereocenters. The van der Waals surface area contributed by atoms with Crippen LogP contribution in [-0.2, 0) is 20.9 Å². The van der Waals surface area contributed by atoms with Gasteiger partial charge in [0, 0.05) is 12.5 Å². The van der Waals surface area contributed by atoms with Gasteiger partial charge in [-0.25, -0.2) is 0 Å². The monoisotopic (exact) mass is 289 g/mol. The van der Waals surface area contributed by atoms with Crippen molar-refractivity contribution in [2.75, 3.05) is 0 Å². The van der Waals surface area contributed by atoms with Crippen LogP contribution in [0.3, 0.4) is 0 Å². The number of hydrogen-bond donors (Lipinski definition) is 0. The summed E-state index contributed by atoms with van der Waals surface area (Å²) in [5, 5.41) is 2.09. The second-order valence-corrected chi connectivity index (χ2v) is 6.84. The zero-order valence-corrected chi connectivity index (χ0v) is 12.9. The highest BCUT2D eigenvalue weighted by atomic mass is 16.8. The minimum absolute atomic E-state index is 0.0921. The SMILES string of the molecule is CC(C)C1(C)O[C@@H]2C3CC([C@@H]2O1)N(Cc1ccccc1)O3. The van der Waals surface area contributed by atoms with Crippen molar-refractivity contribution in [3.05, 3.63) is 35.9 Å². The van der Waals surface area contributed by atoms with Gasteiger partial charge in [0.25, 0.3) is 0 Å². The lowest BCUT2D eigenvalue weighted by atomic mass is 10.1. The Balaban J connectivity index is 1.49. The molecule has 21 heavy (non-hydrogen) atoms. The van der Waals surface area contributed by atoms with Crippen molar-refractivity contribution in [2.45, 2.75) is 63.9 Å². The lowest BCUT2D eigenvalue weighted by molar-refractivity contribution is -0.230. The summed E-state index contributed by atoms with van der Waals surface area (Å²) in [5.41, 5.74) is 1.27. The molecular weight excluding hydrogens is 266 g/mol. The lowest BCUT2D eigenvalue weighted by Crippen LogP contribution is -2.46. The number of ether oxygens (including phenoxy) is 2. The third-order valence-corrected chi connectivity index (χ3v) is 5.15. The van der Waals surface area contributed by atoms with E-state index in [0.29, 0.717) is 12.0 Å². The number of hydrogen-bond acceptors (Lipinski definition) is 4. The molecule has 0 amide bonds. The molecule has 1 saturated carbocycles. The van der Waals surface area contributed by atoms with E-state index in [1.54, 1.807) is 0 Å². The second kappa shape index (κ2) is 4.78. The number of nitrogens with zero attached hydrogens (tertiary/aromatic N) is 1. The summed E-state index contributed by atoms with van der Waals surface area (Å²) < 4.78 is 12.5. The number of benzene rings is 1. The van der Waals surface area contributed by atoms with Gasteiger partial charge >= 0.3 is 0 Å². The van der Waals surface area contributed by atoms with Gasteiger partial charge in [-0.2, -0.15) is 5.06 Å². The maximum atomic E-state index is 6.29. The highest BCUT2D eigenvalue weighted by Gasteiger charge is 2.62. The molecule has 4 heteroatoms. The summed E-state index contributed by atoms with van der Waals surface area (Å²) in [6, 6.07) is 10.8. The molecule has 2 aliphatic heterocycles. The van der Waals surface area contributed by atoms with Crippen molar-refractivity contribution < 1.29 is 14.3 Å². The molecule has 0 spiro atoms. The summed E-state index contributed by atoms with van der Waals surface area (Å²) in [7, 11) is 0. The van der Waals surface area contributed by atoms with Gasteiger partial charge in [-0.15, -0.1) is 0 Å². The van der Waals surface area contributed by atoms with E-state index in [1.807, 2.05) is 6.07 Å². The fourth-order valence-corrected chi connectivity index (χ4v) is 3.62. The van der Waals surface area contributed by atoms with Crippen LogP contribution in [0, 0.1) is 5.92 Å². The van der Waals surface area contributed by atoms with E-state index in [4.69, 9.17) is 14.3 Å².